The van der Waals surface area contributed by atoms with Crippen molar-refractivity contribution >= 4 is 16.9 Å². The fourth-order valence-corrected chi connectivity index (χ4v) is 3.06. The highest BCUT2D eigenvalue weighted by atomic mass is 16.1. The maximum Gasteiger partial charge on any atom is 0.222 e. The van der Waals surface area contributed by atoms with Crippen molar-refractivity contribution in [2.45, 2.75) is 53.2 Å². The Labute approximate surface area is 147 Å². The van der Waals surface area contributed by atoms with Crippen LogP contribution in [0.2, 0.25) is 0 Å². The summed E-state index contributed by atoms with van der Waals surface area (Å²) in [7, 11) is 0. The van der Waals surface area contributed by atoms with Crippen molar-refractivity contribution in [1.82, 2.24) is 24.9 Å². The summed E-state index contributed by atoms with van der Waals surface area (Å²) >= 11 is 0. The van der Waals surface area contributed by atoms with Crippen molar-refractivity contribution in [3.05, 3.63) is 47.3 Å². The average molecular weight is 339 g/mol. The molecule has 1 aromatic carbocycles. The minimum Gasteiger partial charge on any atom is -0.352 e. The predicted octanol–water partition coefficient (Wildman–Crippen LogP) is 3.14. The summed E-state index contributed by atoms with van der Waals surface area (Å²) in [5, 5.41) is 12.0. The van der Waals surface area contributed by atoms with Gasteiger partial charge in [0, 0.05) is 19.0 Å². The smallest absolute Gasteiger partial charge is 0.222 e. The van der Waals surface area contributed by atoms with Crippen LogP contribution in [0.5, 0.6) is 0 Å². The summed E-state index contributed by atoms with van der Waals surface area (Å²) in [4.78, 5) is 12.2. The van der Waals surface area contributed by atoms with Crippen LogP contribution in [0.15, 0.2) is 30.5 Å². The zero-order valence-electron chi connectivity index (χ0n) is 15.3. The molecule has 0 aliphatic heterocycles. The molecule has 3 aromatic rings. The Hall–Kier alpha value is -2.63. The van der Waals surface area contributed by atoms with Gasteiger partial charge in [-0.05, 0) is 33.3 Å². The molecule has 25 heavy (non-hydrogen) atoms. The second-order valence-corrected chi connectivity index (χ2v) is 6.74. The van der Waals surface area contributed by atoms with Gasteiger partial charge in [-0.15, -0.1) is 0 Å². The number of benzene rings is 1. The standard InChI is InChI=1S/C19H25N5O/c1-13(2)24-17-12-21-23(19(17)15(4)22-24)9-8-18(25)20-11-16-7-5-6-14(3)10-16/h5-7,10,12-13H,8-9,11H2,1-4H3,(H,20,25). The van der Waals surface area contributed by atoms with Crippen LogP contribution in [0.3, 0.4) is 0 Å². The SMILES string of the molecule is Cc1cccc(CNC(=O)CCn2ncc3c2c(C)nn3C(C)C)c1. The van der Waals surface area contributed by atoms with Crippen molar-refractivity contribution in [1.29, 1.82) is 0 Å². The summed E-state index contributed by atoms with van der Waals surface area (Å²) in [5.41, 5.74) is 5.29. The van der Waals surface area contributed by atoms with Gasteiger partial charge in [0.25, 0.3) is 0 Å². The van der Waals surface area contributed by atoms with Gasteiger partial charge in [-0.1, -0.05) is 29.8 Å². The molecule has 0 radical (unpaired) electrons. The van der Waals surface area contributed by atoms with Crippen LogP contribution in [0.4, 0.5) is 0 Å². The minimum atomic E-state index is 0.0269. The molecular weight excluding hydrogens is 314 g/mol. The molecule has 0 spiro atoms. The van der Waals surface area contributed by atoms with Gasteiger partial charge in [0.2, 0.25) is 5.91 Å². The van der Waals surface area contributed by atoms with Gasteiger partial charge in [0.15, 0.2) is 0 Å². The van der Waals surface area contributed by atoms with Gasteiger partial charge in [0.05, 0.1) is 18.4 Å². The molecule has 0 atom stereocenters. The van der Waals surface area contributed by atoms with Crippen LogP contribution in [0, 0.1) is 13.8 Å². The second kappa shape index (κ2) is 7.09. The van der Waals surface area contributed by atoms with Crippen molar-refractivity contribution in [2.75, 3.05) is 0 Å². The molecule has 1 amide bonds. The van der Waals surface area contributed by atoms with Crippen LogP contribution < -0.4 is 5.32 Å². The first kappa shape index (κ1) is 17.2. The first-order valence-electron chi connectivity index (χ1n) is 8.68. The van der Waals surface area contributed by atoms with E-state index in [1.807, 2.05) is 47.6 Å². The van der Waals surface area contributed by atoms with Crippen molar-refractivity contribution < 1.29 is 4.79 Å². The predicted molar refractivity (Wildman–Crippen MR) is 98.3 cm³/mol. The van der Waals surface area contributed by atoms with Crippen LogP contribution in [-0.2, 0) is 17.9 Å². The van der Waals surface area contributed by atoms with Gasteiger partial charge in [0.1, 0.15) is 11.0 Å². The molecular formula is C19H25N5O. The fourth-order valence-electron chi connectivity index (χ4n) is 3.06. The first-order chi connectivity index (χ1) is 12.0. The highest BCUT2D eigenvalue weighted by molar-refractivity contribution is 5.79. The van der Waals surface area contributed by atoms with E-state index in [-0.39, 0.29) is 11.9 Å². The lowest BCUT2D eigenvalue weighted by molar-refractivity contribution is -0.121. The van der Waals surface area contributed by atoms with E-state index < -0.39 is 0 Å². The third-order valence-corrected chi connectivity index (χ3v) is 4.28. The quantitative estimate of drug-likeness (QED) is 0.750. The molecule has 2 heterocycles. The third kappa shape index (κ3) is 3.73. The Bertz CT molecular complexity index is 890. The zero-order valence-corrected chi connectivity index (χ0v) is 15.3. The molecule has 132 valence electrons. The maximum absolute atomic E-state index is 12.2. The molecule has 0 aliphatic rings. The minimum absolute atomic E-state index is 0.0269. The highest BCUT2D eigenvalue weighted by Gasteiger charge is 2.15. The van der Waals surface area contributed by atoms with E-state index in [2.05, 4.69) is 35.4 Å². The Kier molecular flexibility index (Phi) is 4.88. The van der Waals surface area contributed by atoms with Gasteiger partial charge in [-0.3, -0.25) is 14.2 Å². The number of carbonyl (C=O) groups excluding carboxylic acids is 1. The lowest BCUT2D eigenvalue weighted by Gasteiger charge is -2.07. The average Bonchev–Trinajstić information content (AvgIpc) is 3.12. The van der Waals surface area contributed by atoms with Crippen molar-refractivity contribution in [3.8, 4) is 0 Å². The molecule has 2 aromatic heterocycles. The fraction of sp³-hybridized carbons (Fsp3) is 0.421. The first-order valence-corrected chi connectivity index (χ1v) is 8.68. The Morgan fingerprint density at radius 1 is 1.28 bits per heavy atom. The molecule has 6 heteroatoms. The monoisotopic (exact) mass is 339 g/mol. The second-order valence-electron chi connectivity index (χ2n) is 6.74. The molecule has 0 bridgehead atoms. The van der Waals surface area contributed by atoms with E-state index in [1.165, 1.54) is 5.56 Å². The van der Waals surface area contributed by atoms with E-state index in [1.54, 1.807) is 0 Å². The number of amides is 1. The number of hydrogen-bond acceptors (Lipinski definition) is 3. The number of nitrogens with zero attached hydrogens (tertiary/aromatic N) is 4. The topological polar surface area (TPSA) is 64.7 Å². The largest absolute Gasteiger partial charge is 0.352 e. The highest BCUT2D eigenvalue weighted by Crippen LogP contribution is 2.21. The zero-order chi connectivity index (χ0) is 18.0. The van der Waals surface area contributed by atoms with Crippen molar-refractivity contribution in [3.63, 3.8) is 0 Å². The molecule has 0 unspecified atom stereocenters. The molecule has 0 saturated carbocycles. The number of carbonyl (C=O) groups is 1. The normalized spacial score (nSPS) is 11.4. The molecule has 1 N–H and O–H groups in total. The number of fused-ring (bicyclic) bond motifs is 1. The third-order valence-electron chi connectivity index (χ3n) is 4.28. The maximum atomic E-state index is 12.2. The molecule has 0 saturated heterocycles. The Morgan fingerprint density at radius 3 is 2.80 bits per heavy atom. The van der Waals surface area contributed by atoms with Crippen LogP contribution in [0.25, 0.3) is 11.0 Å². The Morgan fingerprint density at radius 2 is 2.08 bits per heavy atom. The lowest BCUT2D eigenvalue weighted by Crippen LogP contribution is -2.24. The number of hydrogen-bond donors (Lipinski definition) is 1. The van der Waals surface area contributed by atoms with E-state index in [4.69, 9.17) is 0 Å². The molecule has 6 nitrogen and oxygen atoms in total. The van der Waals surface area contributed by atoms with Gasteiger partial charge >= 0.3 is 0 Å². The summed E-state index contributed by atoms with van der Waals surface area (Å²) < 4.78 is 3.86. The number of aromatic nitrogens is 4. The van der Waals surface area contributed by atoms with E-state index >= 15 is 0 Å². The van der Waals surface area contributed by atoms with Gasteiger partial charge in [-0.25, -0.2) is 0 Å². The summed E-state index contributed by atoms with van der Waals surface area (Å²) in [6, 6.07) is 8.45. The lowest BCUT2D eigenvalue weighted by atomic mass is 10.1. The van der Waals surface area contributed by atoms with Gasteiger partial charge in [-0.2, -0.15) is 10.2 Å². The summed E-state index contributed by atoms with van der Waals surface area (Å²) in [6.45, 7) is 9.34. The van der Waals surface area contributed by atoms with Crippen LogP contribution in [0.1, 0.15) is 43.1 Å². The summed E-state index contributed by atoms with van der Waals surface area (Å²) in [6.07, 6.45) is 2.23. The number of aryl methyl sites for hydroxylation is 3. The van der Waals surface area contributed by atoms with Crippen molar-refractivity contribution in [2.24, 2.45) is 0 Å². The van der Waals surface area contributed by atoms with E-state index in [0.29, 0.717) is 19.5 Å². The molecule has 3 rings (SSSR count). The summed E-state index contributed by atoms with van der Waals surface area (Å²) in [5.74, 6) is 0.0269. The van der Waals surface area contributed by atoms with Crippen LogP contribution >= 0.6 is 0 Å². The number of rotatable bonds is 6. The molecule has 0 aliphatic carbocycles. The van der Waals surface area contributed by atoms with Crippen LogP contribution in [-0.4, -0.2) is 25.5 Å². The van der Waals surface area contributed by atoms with Gasteiger partial charge < -0.3 is 5.32 Å². The number of nitrogens with one attached hydrogen (secondary N) is 1. The van der Waals surface area contributed by atoms with E-state index in [9.17, 15) is 4.79 Å². The molecule has 0 fully saturated rings. The Balaban J connectivity index is 1.62. The van der Waals surface area contributed by atoms with E-state index in [0.717, 1.165) is 22.3 Å².